The fraction of sp³-hybridized carbons (Fsp3) is 0.154. The third-order valence-electron chi connectivity index (χ3n) is 2.17. The van der Waals surface area contributed by atoms with Gasteiger partial charge >= 0.3 is 5.97 Å². The van der Waals surface area contributed by atoms with Crippen LogP contribution in [0.25, 0.3) is 0 Å². The Morgan fingerprint density at radius 1 is 1.28 bits per heavy atom. The first-order valence-corrected chi connectivity index (χ1v) is 5.47. The third kappa shape index (κ3) is 3.28. The van der Waals surface area contributed by atoms with Gasteiger partial charge < -0.3 is 10.1 Å². The molecule has 92 valence electrons. The molecule has 0 spiro atoms. The molecule has 0 aliphatic heterocycles. The van der Waals surface area contributed by atoms with Crippen LogP contribution in [-0.2, 0) is 4.79 Å². The summed E-state index contributed by atoms with van der Waals surface area (Å²) < 4.78 is 5.00. The lowest BCUT2D eigenvalue weighted by atomic mass is 10.3. The molecule has 1 N–H and O–H groups in total. The number of benzene rings is 1. The second-order valence-electron chi connectivity index (χ2n) is 3.79. The first-order chi connectivity index (χ1) is 8.63. The number of carbonyl (C=O) groups excluding carboxylic acids is 1. The Bertz CT molecular complexity index is 570. The molecule has 2 rings (SSSR count). The van der Waals surface area contributed by atoms with E-state index in [4.69, 9.17) is 4.74 Å². The zero-order chi connectivity index (χ0) is 13.0. The minimum absolute atomic E-state index is 0.343. The number of esters is 1. The van der Waals surface area contributed by atoms with Crippen LogP contribution in [0.15, 0.2) is 36.7 Å². The number of nitrogens with zero attached hydrogens (tertiary/aromatic N) is 2. The van der Waals surface area contributed by atoms with E-state index in [1.54, 1.807) is 18.2 Å². The number of carbonyl (C=O) groups is 1. The number of aryl methyl sites for hydroxylation is 1. The van der Waals surface area contributed by atoms with Gasteiger partial charge in [0.15, 0.2) is 0 Å². The minimum atomic E-state index is -0.343. The van der Waals surface area contributed by atoms with Gasteiger partial charge in [0.2, 0.25) is 0 Å². The summed E-state index contributed by atoms with van der Waals surface area (Å²) in [5, 5.41) is 3.12. The molecule has 0 saturated heterocycles. The number of ether oxygens (including phenoxy) is 1. The second kappa shape index (κ2) is 5.27. The SMILES string of the molecule is CC(=O)Oc1cccc(Nc2cc(C)ncn2)c1. The summed E-state index contributed by atoms with van der Waals surface area (Å²) in [4.78, 5) is 19.0. The molecular formula is C13H13N3O2. The van der Waals surface area contributed by atoms with E-state index in [0.717, 1.165) is 11.4 Å². The highest BCUT2D eigenvalue weighted by atomic mass is 16.5. The Labute approximate surface area is 105 Å². The number of anilines is 2. The third-order valence-corrected chi connectivity index (χ3v) is 2.17. The zero-order valence-corrected chi connectivity index (χ0v) is 10.2. The fourth-order valence-electron chi connectivity index (χ4n) is 1.47. The molecule has 0 bridgehead atoms. The number of hydrogen-bond donors (Lipinski definition) is 1. The van der Waals surface area contributed by atoms with Crippen LogP contribution in [0.4, 0.5) is 11.5 Å². The molecule has 1 aromatic heterocycles. The van der Waals surface area contributed by atoms with E-state index >= 15 is 0 Å². The molecule has 0 aliphatic carbocycles. The van der Waals surface area contributed by atoms with Crippen molar-refractivity contribution in [1.82, 2.24) is 9.97 Å². The molecule has 0 atom stereocenters. The molecule has 0 aliphatic rings. The lowest BCUT2D eigenvalue weighted by Gasteiger charge is -2.07. The van der Waals surface area contributed by atoms with Crippen LogP contribution in [-0.4, -0.2) is 15.9 Å². The van der Waals surface area contributed by atoms with Crippen molar-refractivity contribution in [3.05, 3.63) is 42.4 Å². The van der Waals surface area contributed by atoms with Gasteiger partial charge in [-0.3, -0.25) is 4.79 Å². The van der Waals surface area contributed by atoms with Crippen molar-refractivity contribution in [2.45, 2.75) is 13.8 Å². The second-order valence-corrected chi connectivity index (χ2v) is 3.79. The van der Waals surface area contributed by atoms with Gasteiger partial charge in [0.1, 0.15) is 17.9 Å². The average Bonchev–Trinajstić information content (AvgIpc) is 2.28. The number of aromatic nitrogens is 2. The summed E-state index contributed by atoms with van der Waals surface area (Å²) in [7, 11) is 0. The van der Waals surface area contributed by atoms with Crippen molar-refractivity contribution in [2.75, 3.05) is 5.32 Å². The summed E-state index contributed by atoms with van der Waals surface area (Å²) in [5.74, 6) is 0.853. The molecular weight excluding hydrogens is 230 g/mol. The van der Waals surface area contributed by atoms with E-state index < -0.39 is 0 Å². The van der Waals surface area contributed by atoms with Crippen molar-refractivity contribution in [2.24, 2.45) is 0 Å². The molecule has 1 heterocycles. The van der Waals surface area contributed by atoms with Crippen LogP contribution < -0.4 is 10.1 Å². The topological polar surface area (TPSA) is 64.1 Å². The molecule has 0 fully saturated rings. The maximum Gasteiger partial charge on any atom is 0.308 e. The van der Waals surface area contributed by atoms with E-state index in [-0.39, 0.29) is 5.97 Å². The predicted octanol–water partition coefficient (Wildman–Crippen LogP) is 2.45. The average molecular weight is 243 g/mol. The monoisotopic (exact) mass is 243 g/mol. The Morgan fingerprint density at radius 3 is 2.83 bits per heavy atom. The van der Waals surface area contributed by atoms with Gasteiger partial charge in [0.25, 0.3) is 0 Å². The van der Waals surface area contributed by atoms with E-state index in [1.165, 1.54) is 13.3 Å². The molecule has 18 heavy (non-hydrogen) atoms. The van der Waals surface area contributed by atoms with Crippen LogP contribution in [0, 0.1) is 6.92 Å². The van der Waals surface area contributed by atoms with Gasteiger partial charge in [0.05, 0.1) is 0 Å². The van der Waals surface area contributed by atoms with Crippen molar-refractivity contribution in [1.29, 1.82) is 0 Å². The molecule has 1 aromatic carbocycles. The highest BCUT2D eigenvalue weighted by Crippen LogP contribution is 2.20. The Balaban J connectivity index is 2.16. The summed E-state index contributed by atoms with van der Waals surface area (Å²) in [6, 6.07) is 8.95. The van der Waals surface area contributed by atoms with Gasteiger partial charge in [-0.2, -0.15) is 0 Å². The van der Waals surface area contributed by atoms with E-state index in [9.17, 15) is 4.79 Å². The van der Waals surface area contributed by atoms with Crippen LogP contribution in [0.3, 0.4) is 0 Å². The fourth-order valence-corrected chi connectivity index (χ4v) is 1.47. The maximum atomic E-state index is 10.9. The van der Waals surface area contributed by atoms with Crippen molar-refractivity contribution < 1.29 is 9.53 Å². The summed E-state index contributed by atoms with van der Waals surface area (Å²) in [6.07, 6.45) is 1.49. The van der Waals surface area contributed by atoms with Crippen LogP contribution >= 0.6 is 0 Å². The smallest absolute Gasteiger partial charge is 0.308 e. The lowest BCUT2D eigenvalue weighted by Crippen LogP contribution is -2.02. The molecule has 2 aromatic rings. The maximum absolute atomic E-state index is 10.9. The van der Waals surface area contributed by atoms with Crippen LogP contribution in [0.2, 0.25) is 0 Å². The van der Waals surface area contributed by atoms with Crippen LogP contribution in [0.1, 0.15) is 12.6 Å². The van der Waals surface area contributed by atoms with Crippen molar-refractivity contribution >= 4 is 17.5 Å². The number of nitrogens with one attached hydrogen (secondary N) is 1. The molecule has 0 unspecified atom stereocenters. The Morgan fingerprint density at radius 2 is 2.11 bits per heavy atom. The van der Waals surface area contributed by atoms with E-state index in [1.807, 2.05) is 19.1 Å². The molecule has 0 radical (unpaired) electrons. The van der Waals surface area contributed by atoms with Gasteiger partial charge in [-0.05, 0) is 19.1 Å². The first-order valence-electron chi connectivity index (χ1n) is 5.47. The van der Waals surface area contributed by atoms with E-state index in [2.05, 4.69) is 15.3 Å². The Kier molecular flexibility index (Phi) is 3.52. The highest BCUT2D eigenvalue weighted by molar-refractivity contribution is 5.70. The largest absolute Gasteiger partial charge is 0.427 e. The molecule has 5 nitrogen and oxygen atoms in total. The highest BCUT2D eigenvalue weighted by Gasteiger charge is 2.01. The van der Waals surface area contributed by atoms with Crippen molar-refractivity contribution in [3.8, 4) is 5.75 Å². The standard InChI is InChI=1S/C13H13N3O2/c1-9-6-13(15-8-14-9)16-11-4-3-5-12(7-11)18-10(2)17/h3-8H,1-2H3,(H,14,15,16). The van der Waals surface area contributed by atoms with E-state index in [0.29, 0.717) is 11.6 Å². The Hall–Kier alpha value is -2.43. The summed E-state index contributed by atoms with van der Waals surface area (Å²) in [5.41, 5.74) is 1.68. The first kappa shape index (κ1) is 12.0. The predicted molar refractivity (Wildman–Crippen MR) is 67.8 cm³/mol. The molecule has 0 saturated carbocycles. The molecule has 0 amide bonds. The van der Waals surface area contributed by atoms with Gasteiger partial charge in [-0.15, -0.1) is 0 Å². The quantitative estimate of drug-likeness (QED) is 0.662. The van der Waals surface area contributed by atoms with Crippen molar-refractivity contribution in [3.63, 3.8) is 0 Å². The van der Waals surface area contributed by atoms with Gasteiger partial charge in [-0.25, -0.2) is 9.97 Å². The van der Waals surface area contributed by atoms with Gasteiger partial charge in [-0.1, -0.05) is 6.07 Å². The minimum Gasteiger partial charge on any atom is -0.427 e. The summed E-state index contributed by atoms with van der Waals surface area (Å²) in [6.45, 7) is 3.26. The van der Waals surface area contributed by atoms with Gasteiger partial charge in [0, 0.05) is 30.4 Å². The number of rotatable bonds is 3. The normalized spacial score (nSPS) is 9.89. The molecule has 5 heteroatoms. The lowest BCUT2D eigenvalue weighted by molar-refractivity contribution is -0.131. The van der Waals surface area contributed by atoms with Crippen LogP contribution in [0.5, 0.6) is 5.75 Å². The zero-order valence-electron chi connectivity index (χ0n) is 10.2. The number of hydrogen-bond acceptors (Lipinski definition) is 5. The summed E-state index contributed by atoms with van der Waals surface area (Å²) >= 11 is 0.